The van der Waals surface area contributed by atoms with Gasteiger partial charge in [0.25, 0.3) is 0 Å². The summed E-state index contributed by atoms with van der Waals surface area (Å²) in [6.07, 6.45) is 0. The Bertz CT molecular complexity index is 115. The van der Waals surface area contributed by atoms with E-state index in [1.54, 1.807) is 0 Å². The molecule has 0 bridgehead atoms. The molecule has 0 aliphatic carbocycles. The van der Waals surface area contributed by atoms with E-state index in [2.05, 4.69) is 0 Å². The summed E-state index contributed by atoms with van der Waals surface area (Å²) in [5, 5.41) is 26.7. The number of hydrogen-bond acceptors (Lipinski definition) is 6. The molecule has 0 aliphatic rings. The Labute approximate surface area is 85.5 Å². The van der Waals surface area contributed by atoms with Crippen molar-refractivity contribution in [3.05, 3.63) is 0 Å². The van der Waals surface area contributed by atoms with Gasteiger partial charge in [-0.15, -0.1) is 0 Å². The van der Waals surface area contributed by atoms with Crippen LogP contribution in [-0.2, 0) is 30.9 Å². The van der Waals surface area contributed by atoms with E-state index in [1.807, 2.05) is 0 Å². The summed E-state index contributed by atoms with van der Waals surface area (Å²) in [6, 6.07) is 0. The van der Waals surface area contributed by atoms with Crippen LogP contribution in [-0.4, -0.2) is 17.9 Å². The summed E-state index contributed by atoms with van der Waals surface area (Å²) in [6.45, 7) is 2.92. The zero-order valence-electron chi connectivity index (χ0n) is 7.27. The molecule has 0 amide bonds. The first kappa shape index (κ1) is 22.7. The van der Waals surface area contributed by atoms with Crippen LogP contribution >= 0.6 is 0 Å². The molecule has 0 spiro atoms. The molecule has 0 unspecified atom stereocenters. The van der Waals surface area contributed by atoms with Gasteiger partial charge in [-0.05, 0) is 20.8 Å². The molecule has 13 heavy (non-hydrogen) atoms. The fraction of sp³-hybridized carbons (Fsp3) is 0.500. The fourth-order valence-electron chi connectivity index (χ4n) is 0. The van der Waals surface area contributed by atoms with Crippen LogP contribution < -0.4 is 15.3 Å². The second kappa shape index (κ2) is 17.1. The first-order chi connectivity index (χ1) is 5.20. The van der Waals surface area contributed by atoms with Gasteiger partial charge >= 0.3 is 16.5 Å². The maximum atomic E-state index is 8.89. The summed E-state index contributed by atoms with van der Waals surface area (Å²) in [5.41, 5.74) is 0. The van der Waals surface area contributed by atoms with E-state index in [4.69, 9.17) is 29.7 Å². The van der Waals surface area contributed by atoms with Gasteiger partial charge in [0.05, 0.1) is 0 Å². The molecule has 6 nitrogen and oxygen atoms in total. The van der Waals surface area contributed by atoms with E-state index in [9.17, 15) is 0 Å². The van der Waals surface area contributed by atoms with Crippen LogP contribution in [0, 0.1) is 0 Å². The zero-order chi connectivity index (χ0) is 10.7. The van der Waals surface area contributed by atoms with Crippen molar-refractivity contribution < 1.29 is 46.2 Å². The molecule has 0 fully saturated rings. The minimum absolute atomic E-state index is 0. The van der Waals surface area contributed by atoms with E-state index >= 15 is 0 Å². The number of rotatable bonds is 0. The van der Waals surface area contributed by atoms with Crippen LogP contribution in [0.25, 0.3) is 0 Å². The van der Waals surface area contributed by atoms with E-state index in [1.165, 1.54) is 0 Å². The molecule has 0 aromatic carbocycles. The minimum Gasteiger partial charge on any atom is -0.550 e. The molecule has 0 rings (SSSR count). The van der Waals surface area contributed by atoms with Crippen LogP contribution in [0.5, 0.6) is 0 Å². The van der Waals surface area contributed by atoms with Crippen LogP contribution in [0.4, 0.5) is 0 Å². The van der Waals surface area contributed by atoms with E-state index < -0.39 is 17.9 Å². The molecule has 0 aromatic heterocycles. The molecule has 0 aliphatic heterocycles. The normalized spacial score (nSPS) is 5.77. The summed E-state index contributed by atoms with van der Waals surface area (Å²) in [7, 11) is 0. The van der Waals surface area contributed by atoms with Gasteiger partial charge in [0.15, 0.2) is 0 Å². The van der Waals surface area contributed by atoms with Crippen molar-refractivity contribution >= 4 is 17.9 Å². The molecule has 0 saturated carbocycles. The number of carboxylic acids is 3. The Kier molecular flexibility index (Phi) is 29.8. The first-order valence-corrected chi connectivity index (χ1v) is 2.72. The average Bonchev–Trinajstić information content (AvgIpc) is 1.54. The quantitative estimate of drug-likeness (QED) is 0.398. The Morgan fingerprint density at radius 2 is 0.692 bits per heavy atom. The number of carboxylic acid groups (broad SMARTS) is 3. The van der Waals surface area contributed by atoms with Gasteiger partial charge in [0.1, 0.15) is 0 Å². The fourth-order valence-corrected chi connectivity index (χ4v) is 0. The van der Waals surface area contributed by atoms with Crippen molar-refractivity contribution in [1.29, 1.82) is 0 Å². The summed E-state index contributed by atoms with van der Waals surface area (Å²) in [5.74, 6) is -3.25. The summed E-state index contributed by atoms with van der Waals surface area (Å²) < 4.78 is 0. The van der Waals surface area contributed by atoms with Crippen LogP contribution in [0.2, 0.25) is 0 Å². The minimum atomic E-state index is -1.08. The van der Waals surface area contributed by atoms with E-state index in [-0.39, 0.29) is 16.5 Å². The largest absolute Gasteiger partial charge is 3.00 e. The van der Waals surface area contributed by atoms with Gasteiger partial charge in [-0.3, -0.25) is 0 Å². The van der Waals surface area contributed by atoms with Gasteiger partial charge in [0.2, 0.25) is 0 Å². The van der Waals surface area contributed by atoms with Gasteiger partial charge in [-0.1, -0.05) is 0 Å². The number of carbonyl (C=O) groups is 3. The predicted molar refractivity (Wildman–Crippen MR) is 32.0 cm³/mol. The zero-order valence-corrected chi connectivity index (χ0v) is 8.25. The smallest absolute Gasteiger partial charge is 0.550 e. The molecular weight excluding hydrogens is 227 g/mol. The molecule has 0 heterocycles. The molecule has 0 saturated heterocycles. The van der Waals surface area contributed by atoms with Crippen molar-refractivity contribution in [3.63, 3.8) is 0 Å². The summed E-state index contributed by atoms with van der Waals surface area (Å²) >= 11 is 0. The Balaban J connectivity index is -0.0000000450. The van der Waals surface area contributed by atoms with Crippen molar-refractivity contribution in [2.45, 2.75) is 20.8 Å². The number of hydrogen-bond donors (Lipinski definition) is 0. The molecule has 1 radical (unpaired) electrons. The number of aliphatic carboxylic acids is 3. The third-order valence-corrected chi connectivity index (χ3v) is 0. The second-order valence-corrected chi connectivity index (χ2v) is 1.47. The predicted octanol–water partition coefficient (Wildman–Crippen LogP) is -3.73. The van der Waals surface area contributed by atoms with Gasteiger partial charge in [-0.25, -0.2) is 0 Å². The monoisotopic (exact) mass is 235 g/mol. The van der Waals surface area contributed by atoms with Gasteiger partial charge < -0.3 is 29.7 Å². The van der Waals surface area contributed by atoms with Gasteiger partial charge in [0, 0.05) is 17.9 Å². The molecular formula is C6H9NiO6. The Morgan fingerprint density at radius 3 is 0.692 bits per heavy atom. The molecule has 7 heteroatoms. The maximum absolute atomic E-state index is 8.89. The van der Waals surface area contributed by atoms with Crippen molar-refractivity contribution in [2.75, 3.05) is 0 Å². The number of carbonyl (C=O) groups excluding carboxylic acids is 3. The second-order valence-electron chi connectivity index (χ2n) is 1.47. The maximum Gasteiger partial charge on any atom is 3.00 e. The van der Waals surface area contributed by atoms with Crippen molar-refractivity contribution in [1.82, 2.24) is 0 Å². The molecule has 0 aromatic rings. The standard InChI is InChI=1S/3C2H4O2.Ni/c3*1-2(3)4;/h3*1H3,(H,3,4);/q;;;+3/p-3. The Morgan fingerprint density at radius 1 is 0.692 bits per heavy atom. The third-order valence-electron chi connectivity index (χ3n) is 0. The third kappa shape index (κ3) is 719. The van der Waals surface area contributed by atoms with Crippen molar-refractivity contribution in [3.8, 4) is 0 Å². The van der Waals surface area contributed by atoms with Crippen LogP contribution in [0.1, 0.15) is 20.8 Å². The molecule has 79 valence electrons. The molecule has 0 N–H and O–H groups in total. The Hall–Kier alpha value is -1.10. The van der Waals surface area contributed by atoms with E-state index in [0.29, 0.717) is 0 Å². The SMILES string of the molecule is CC(=O)[O-].CC(=O)[O-].CC(=O)[O-].[Ni+3]. The topological polar surface area (TPSA) is 120 Å². The van der Waals surface area contributed by atoms with Crippen LogP contribution in [0.3, 0.4) is 0 Å². The van der Waals surface area contributed by atoms with Gasteiger partial charge in [-0.2, -0.15) is 0 Å². The molecule has 0 atom stereocenters. The van der Waals surface area contributed by atoms with Crippen molar-refractivity contribution in [2.24, 2.45) is 0 Å². The van der Waals surface area contributed by atoms with Crippen LogP contribution in [0.15, 0.2) is 0 Å². The average molecular weight is 236 g/mol. The van der Waals surface area contributed by atoms with E-state index in [0.717, 1.165) is 20.8 Å². The first-order valence-electron chi connectivity index (χ1n) is 2.72. The summed E-state index contributed by atoms with van der Waals surface area (Å²) in [4.78, 5) is 26.7.